The van der Waals surface area contributed by atoms with E-state index in [2.05, 4.69) is 15.1 Å². The van der Waals surface area contributed by atoms with Crippen LogP contribution < -0.4 is 10.0 Å². The Kier molecular flexibility index (Phi) is 5.86. The van der Waals surface area contributed by atoms with Gasteiger partial charge in [0.15, 0.2) is 0 Å². The third-order valence-electron chi connectivity index (χ3n) is 3.89. The number of sulfonamides is 1. The summed E-state index contributed by atoms with van der Waals surface area (Å²) in [5.41, 5.74) is 1.48. The van der Waals surface area contributed by atoms with Crippen molar-refractivity contribution in [1.82, 2.24) is 14.5 Å². The summed E-state index contributed by atoms with van der Waals surface area (Å²) in [6.07, 6.45) is 3.56. The van der Waals surface area contributed by atoms with Crippen molar-refractivity contribution in [3.63, 3.8) is 0 Å². The second-order valence-corrected chi connectivity index (χ2v) is 9.42. The Labute approximate surface area is 170 Å². The molecule has 2 N–H and O–H groups in total. The molecule has 0 aliphatic heterocycles. The topological polar surface area (TPSA) is 93.1 Å². The number of aromatic nitrogens is 2. The second-order valence-electron chi connectivity index (χ2n) is 7.74. The predicted molar refractivity (Wildman–Crippen MR) is 112 cm³/mol. The summed E-state index contributed by atoms with van der Waals surface area (Å²) in [4.78, 5) is 12.5. The van der Waals surface area contributed by atoms with Crippen molar-refractivity contribution in [1.29, 1.82) is 0 Å². The molecule has 0 aliphatic carbocycles. The van der Waals surface area contributed by atoms with Crippen LogP contribution in [0.3, 0.4) is 0 Å². The Morgan fingerprint density at radius 2 is 1.79 bits per heavy atom. The largest absolute Gasteiger partial charge is 0.326 e. The van der Waals surface area contributed by atoms with Crippen LogP contribution in [0.1, 0.15) is 26.3 Å². The van der Waals surface area contributed by atoms with Crippen LogP contribution in [0.4, 0.5) is 5.69 Å². The standard InChI is InChI=1S/C21H24N4O3S/c1-21(2,3)24-29(27,28)19-11-7-8-17(13-19)23-20(26)12-16-14-22-25(15-16)18-9-5-4-6-10-18/h4-11,13-15,24H,12H2,1-3H3,(H,23,26). The summed E-state index contributed by atoms with van der Waals surface area (Å²) in [7, 11) is -3.68. The van der Waals surface area contributed by atoms with E-state index in [-0.39, 0.29) is 17.2 Å². The number of hydrogen-bond acceptors (Lipinski definition) is 4. The fraction of sp³-hybridized carbons (Fsp3) is 0.238. The molecule has 152 valence electrons. The molecule has 0 atom stereocenters. The monoisotopic (exact) mass is 412 g/mol. The van der Waals surface area contributed by atoms with Crippen LogP contribution in [0.25, 0.3) is 5.69 Å². The fourth-order valence-corrected chi connectivity index (χ4v) is 4.23. The average Bonchev–Trinajstić information content (AvgIpc) is 3.09. The van der Waals surface area contributed by atoms with Crippen LogP contribution in [-0.4, -0.2) is 29.6 Å². The van der Waals surface area contributed by atoms with Gasteiger partial charge in [-0.1, -0.05) is 24.3 Å². The van der Waals surface area contributed by atoms with Crippen molar-refractivity contribution in [2.45, 2.75) is 37.6 Å². The first-order valence-corrected chi connectivity index (χ1v) is 10.6. The highest BCUT2D eigenvalue weighted by Crippen LogP contribution is 2.18. The lowest BCUT2D eigenvalue weighted by Crippen LogP contribution is -2.40. The maximum atomic E-state index is 12.5. The van der Waals surface area contributed by atoms with Gasteiger partial charge in [-0.3, -0.25) is 4.79 Å². The highest BCUT2D eigenvalue weighted by Gasteiger charge is 2.22. The smallest absolute Gasteiger partial charge is 0.241 e. The Morgan fingerprint density at radius 3 is 2.48 bits per heavy atom. The van der Waals surface area contributed by atoms with Crippen molar-refractivity contribution in [2.24, 2.45) is 0 Å². The van der Waals surface area contributed by atoms with Crippen LogP contribution in [0, 0.1) is 0 Å². The molecule has 3 rings (SSSR count). The number of para-hydroxylation sites is 1. The van der Waals surface area contributed by atoms with Gasteiger partial charge in [-0.15, -0.1) is 0 Å². The van der Waals surface area contributed by atoms with Crippen LogP contribution >= 0.6 is 0 Å². The number of nitrogens with one attached hydrogen (secondary N) is 2. The summed E-state index contributed by atoms with van der Waals surface area (Å²) in [5.74, 6) is -0.254. The van der Waals surface area contributed by atoms with Gasteiger partial charge in [-0.05, 0) is 56.7 Å². The number of amides is 1. The van der Waals surface area contributed by atoms with Crippen LogP contribution in [0.5, 0.6) is 0 Å². The molecule has 1 amide bonds. The molecule has 0 radical (unpaired) electrons. The number of carbonyl (C=O) groups is 1. The highest BCUT2D eigenvalue weighted by atomic mass is 32.2. The highest BCUT2D eigenvalue weighted by molar-refractivity contribution is 7.89. The van der Waals surface area contributed by atoms with E-state index < -0.39 is 15.6 Å². The third-order valence-corrected chi connectivity index (χ3v) is 5.65. The number of benzene rings is 2. The first-order valence-electron chi connectivity index (χ1n) is 9.15. The summed E-state index contributed by atoms with van der Waals surface area (Å²) in [6.45, 7) is 5.31. The molecule has 0 bridgehead atoms. The van der Waals surface area contributed by atoms with Crippen LogP contribution in [0.15, 0.2) is 71.9 Å². The van der Waals surface area contributed by atoms with E-state index in [1.165, 1.54) is 12.1 Å². The van der Waals surface area contributed by atoms with Gasteiger partial charge in [0.1, 0.15) is 0 Å². The summed E-state index contributed by atoms with van der Waals surface area (Å²) in [5, 5.41) is 7.02. The molecule has 0 saturated carbocycles. The van der Waals surface area contributed by atoms with Gasteiger partial charge in [0.25, 0.3) is 0 Å². The van der Waals surface area contributed by atoms with E-state index in [1.54, 1.807) is 50.0 Å². The van der Waals surface area contributed by atoms with Crippen LogP contribution in [-0.2, 0) is 21.2 Å². The zero-order chi connectivity index (χ0) is 21.1. The Hall–Kier alpha value is -2.97. The molecular weight excluding hydrogens is 388 g/mol. The minimum absolute atomic E-state index is 0.0992. The number of hydrogen-bond donors (Lipinski definition) is 2. The molecule has 0 spiro atoms. The zero-order valence-corrected chi connectivity index (χ0v) is 17.4. The SMILES string of the molecule is CC(C)(C)NS(=O)(=O)c1cccc(NC(=O)Cc2cnn(-c3ccccc3)c2)c1. The lowest BCUT2D eigenvalue weighted by molar-refractivity contribution is -0.115. The molecule has 0 aliphatic rings. The zero-order valence-electron chi connectivity index (χ0n) is 16.6. The Balaban J connectivity index is 1.68. The average molecular weight is 413 g/mol. The molecule has 2 aromatic carbocycles. The minimum Gasteiger partial charge on any atom is -0.326 e. The molecule has 0 saturated heterocycles. The maximum Gasteiger partial charge on any atom is 0.241 e. The van der Waals surface area contributed by atoms with E-state index in [0.717, 1.165) is 11.3 Å². The molecular formula is C21H24N4O3S. The fourth-order valence-electron chi connectivity index (χ4n) is 2.77. The van der Waals surface area contributed by atoms with Gasteiger partial charge < -0.3 is 5.32 Å². The molecule has 0 fully saturated rings. The summed E-state index contributed by atoms with van der Waals surface area (Å²) < 4.78 is 29.3. The second kappa shape index (κ2) is 8.18. The van der Waals surface area contributed by atoms with Gasteiger partial charge in [0.05, 0.1) is 23.2 Å². The first kappa shape index (κ1) is 20.8. The van der Waals surface area contributed by atoms with E-state index >= 15 is 0 Å². The van der Waals surface area contributed by atoms with E-state index in [1.807, 2.05) is 30.3 Å². The first-order chi connectivity index (χ1) is 13.6. The quantitative estimate of drug-likeness (QED) is 0.650. The lowest BCUT2D eigenvalue weighted by atomic mass is 10.1. The van der Waals surface area contributed by atoms with Crippen molar-refractivity contribution in [3.05, 3.63) is 72.6 Å². The molecule has 7 nitrogen and oxygen atoms in total. The van der Waals surface area contributed by atoms with E-state index in [9.17, 15) is 13.2 Å². The van der Waals surface area contributed by atoms with Crippen LogP contribution in [0.2, 0.25) is 0 Å². The molecule has 3 aromatic rings. The van der Waals surface area contributed by atoms with Gasteiger partial charge >= 0.3 is 0 Å². The molecule has 29 heavy (non-hydrogen) atoms. The van der Waals surface area contributed by atoms with E-state index in [4.69, 9.17) is 0 Å². The van der Waals surface area contributed by atoms with Crippen molar-refractivity contribution in [3.8, 4) is 5.69 Å². The number of anilines is 1. The molecule has 0 unspecified atom stereocenters. The Morgan fingerprint density at radius 1 is 1.07 bits per heavy atom. The van der Waals surface area contributed by atoms with Crippen molar-refractivity contribution in [2.75, 3.05) is 5.32 Å². The van der Waals surface area contributed by atoms with Crippen molar-refractivity contribution >= 4 is 21.6 Å². The maximum absolute atomic E-state index is 12.5. The number of nitrogens with zero attached hydrogens (tertiary/aromatic N) is 2. The van der Waals surface area contributed by atoms with Crippen molar-refractivity contribution < 1.29 is 13.2 Å². The third kappa shape index (κ3) is 5.75. The molecule has 1 aromatic heterocycles. The van der Waals surface area contributed by atoms with Gasteiger partial charge in [-0.2, -0.15) is 5.10 Å². The van der Waals surface area contributed by atoms with Gasteiger partial charge in [0.2, 0.25) is 15.9 Å². The molecule has 1 heterocycles. The summed E-state index contributed by atoms with van der Waals surface area (Å²) >= 11 is 0. The summed E-state index contributed by atoms with van der Waals surface area (Å²) in [6, 6.07) is 15.8. The normalized spacial score (nSPS) is 12.0. The molecule has 8 heteroatoms. The van der Waals surface area contributed by atoms with Gasteiger partial charge in [-0.25, -0.2) is 17.8 Å². The van der Waals surface area contributed by atoms with Gasteiger partial charge in [0, 0.05) is 17.4 Å². The Bertz CT molecular complexity index is 1100. The lowest BCUT2D eigenvalue weighted by Gasteiger charge is -2.20. The number of rotatable bonds is 6. The van der Waals surface area contributed by atoms with E-state index in [0.29, 0.717) is 5.69 Å². The predicted octanol–water partition coefficient (Wildman–Crippen LogP) is 3.13. The number of carbonyl (C=O) groups excluding carboxylic acids is 1. The minimum atomic E-state index is -3.68.